The second-order valence-corrected chi connectivity index (χ2v) is 13.8. The average Bonchev–Trinajstić information content (AvgIpc) is 3.48. The number of carbonyl (C=O) groups excluding carboxylic acids is 2. The molecule has 2 aliphatic heterocycles. The first-order valence-corrected chi connectivity index (χ1v) is 15.5. The van der Waals surface area contributed by atoms with Gasteiger partial charge in [0.15, 0.2) is 0 Å². The highest BCUT2D eigenvalue weighted by atomic mass is 35.5. The van der Waals surface area contributed by atoms with Gasteiger partial charge in [0.25, 0.3) is 0 Å². The first-order valence-electron chi connectivity index (χ1n) is 13.3. The number of amides is 2. The van der Waals surface area contributed by atoms with E-state index in [1.165, 1.54) is 10.6 Å². The molecule has 2 saturated heterocycles. The van der Waals surface area contributed by atoms with Gasteiger partial charge in [0.2, 0.25) is 21.8 Å². The minimum absolute atomic E-state index is 0.0159. The predicted molar refractivity (Wildman–Crippen MR) is 142 cm³/mol. The van der Waals surface area contributed by atoms with Crippen molar-refractivity contribution in [1.82, 2.24) is 14.1 Å². The molecule has 0 bridgehead atoms. The van der Waals surface area contributed by atoms with Crippen LogP contribution in [0.25, 0.3) is 0 Å². The molecule has 1 aliphatic carbocycles. The van der Waals surface area contributed by atoms with E-state index in [4.69, 9.17) is 11.6 Å². The summed E-state index contributed by atoms with van der Waals surface area (Å²) in [6, 6.07) is 7.61. The third kappa shape index (κ3) is 5.91. The molecule has 3 fully saturated rings. The zero-order valence-corrected chi connectivity index (χ0v) is 23.5. The SMILES string of the molecule is CC1CCC(N(C(=O)C(C)C)C2CCN(C(=O)[C@H]3CN(S(C)(=O)=O)C[C@H]3c3ccc(Cl)cc3)C2)CC1. The summed E-state index contributed by atoms with van der Waals surface area (Å²) in [6.07, 6.45) is 6.28. The number of benzene rings is 1. The van der Waals surface area contributed by atoms with Crippen LogP contribution in [0.1, 0.15) is 64.4 Å². The van der Waals surface area contributed by atoms with Gasteiger partial charge in [0.1, 0.15) is 0 Å². The van der Waals surface area contributed by atoms with Crippen LogP contribution in [0.5, 0.6) is 0 Å². The summed E-state index contributed by atoms with van der Waals surface area (Å²) in [7, 11) is -3.42. The minimum Gasteiger partial charge on any atom is -0.340 e. The van der Waals surface area contributed by atoms with Crippen LogP contribution in [-0.4, -0.2) is 78.9 Å². The molecular formula is C27H40ClN3O4S. The van der Waals surface area contributed by atoms with Gasteiger partial charge in [0.05, 0.1) is 18.2 Å². The lowest BCUT2D eigenvalue weighted by molar-refractivity contribution is -0.142. The maximum Gasteiger partial charge on any atom is 0.227 e. The lowest BCUT2D eigenvalue weighted by Gasteiger charge is -2.41. The fraction of sp³-hybridized carbons (Fsp3) is 0.704. The van der Waals surface area contributed by atoms with Crippen LogP contribution in [0, 0.1) is 17.8 Å². The number of likely N-dealkylation sites (tertiary alicyclic amines) is 1. The van der Waals surface area contributed by atoms with Gasteiger partial charge in [0, 0.05) is 49.1 Å². The van der Waals surface area contributed by atoms with Crippen LogP contribution in [0.3, 0.4) is 0 Å². The van der Waals surface area contributed by atoms with Gasteiger partial charge in [-0.2, -0.15) is 0 Å². The number of nitrogens with zero attached hydrogens (tertiary/aromatic N) is 3. The summed E-state index contributed by atoms with van der Waals surface area (Å²) < 4.78 is 26.2. The molecule has 0 spiro atoms. The van der Waals surface area contributed by atoms with E-state index in [2.05, 4.69) is 11.8 Å². The third-order valence-electron chi connectivity index (χ3n) is 8.37. The Morgan fingerprint density at radius 3 is 2.19 bits per heavy atom. The molecule has 9 heteroatoms. The van der Waals surface area contributed by atoms with Crippen molar-refractivity contribution in [3.8, 4) is 0 Å². The summed E-state index contributed by atoms with van der Waals surface area (Å²) in [5.74, 6) is 0.0985. The molecule has 3 atom stereocenters. The Bertz CT molecular complexity index is 1050. The quantitative estimate of drug-likeness (QED) is 0.550. The highest BCUT2D eigenvalue weighted by Gasteiger charge is 2.46. The van der Waals surface area contributed by atoms with Crippen molar-refractivity contribution in [3.05, 3.63) is 34.9 Å². The van der Waals surface area contributed by atoms with E-state index < -0.39 is 15.9 Å². The summed E-state index contributed by atoms with van der Waals surface area (Å²) in [6.45, 7) is 7.76. The maximum absolute atomic E-state index is 13.8. The highest BCUT2D eigenvalue weighted by Crippen LogP contribution is 2.37. The van der Waals surface area contributed by atoms with Crippen molar-refractivity contribution in [3.63, 3.8) is 0 Å². The molecule has 1 aromatic carbocycles. The summed E-state index contributed by atoms with van der Waals surface area (Å²) in [5, 5.41) is 0.606. The third-order valence-corrected chi connectivity index (χ3v) is 9.85. The summed E-state index contributed by atoms with van der Waals surface area (Å²) in [5.41, 5.74) is 0.924. The summed E-state index contributed by atoms with van der Waals surface area (Å²) >= 11 is 6.07. The second kappa shape index (κ2) is 11.0. The lowest BCUT2D eigenvalue weighted by atomic mass is 9.85. The number of carbonyl (C=O) groups is 2. The first kappa shape index (κ1) is 27.4. The molecule has 0 aromatic heterocycles. The average molecular weight is 538 g/mol. The van der Waals surface area contributed by atoms with E-state index in [-0.39, 0.29) is 48.8 Å². The van der Waals surface area contributed by atoms with Gasteiger partial charge in [-0.1, -0.05) is 44.5 Å². The molecule has 0 N–H and O–H groups in total. The Morgan fingerprint density at radius 2 is 1.61 bits per heavy atom. The Kier molecular flexibility index (Phi) is 8.37. The van der Waals surface area contributed by atoms with E-state index in [0.717, 1.165) is 37.7 Å². The van der Waals surface area contributed by atoms with Gasteiger partial charge in [-0.05, 0) is 55.7 Å². The monoisotopic (exact) mass is 537 g/mol. The maximum atomic E-state index is 13.8. The molecular weight excluding hydrogens is 498 g/mol. The molecule has 36 heavy (non-hydrogen) atoms. The Balaban J connectivity index is 1.52. The van der Waals surface area contributed by atoms with Crippen LogP contribution >= 0.6 is 11.6 Å². The molecule has 4 rings (SSSR count). The van der Waals surface area contributed by atoms with Gasteiger partial charge < -0.3 is 9.80 Å². The van der Waals surface area contributed by atoms with E-state index in [9.17, 15) is 18.0 Å². The number of hydrogen-bond acceptors (Lipinski definition) is 4. The van der Waals surface area contributed by atoms with Crippen LogP contribution in [-0.2, 0) is 19.6 Å². The molecule has 200 valence electrons. The van der Waals surface area contributed by atoms with Gasteiger partial charge in [-0.25, -0.2) is 12.7 Å². The molecule has 0 radical (unpaired) electrons. The topological polar surface area (TPSA) is 78.0 Å². The van der Waals surface area contributed by atoms with Crippen molar-refractivity contribution in [2.75, 3.05) is 32.4 Å². The number of halogens is 1. The van der Waals surface area contributed by atoms with Crippen LogP contribution in [0.4, 0.5) is 0 Å². The minimum atomic E-state index is -3.42. The van der Waals surface area contributed by atoms with Crippen molar-refractivity contribution in [2.45, 2.75) is 70.9 Å². The highest BCUT2D eigenvalue weighted by molar-refractivity contribution is 7.88. The van der Waals surface area contributed by atoms with E-state index in [0.29, 0.717) is 24.0 Å². The second-order valence-electron chi connectivity index (χ2n) is 11.4. The molecule has 1 saturated carbocycles. The van der Waals surface area contributed by atoms with E-state index >= 15 is 0 Å². The summed E-state index contributed by atoms with van der Waals surface area (Å²) in [4.78, 5) is 31.1. The van der Waals surface area contributed by atoms with E-state index in [1.54, 1.807) is 12.1 Å². The Hall–Kier alpha value is -1.64. The normalized spacial score (nSPS) is 29.6. The number of sulfonamides is 1. The van der Waals surface area contributed by atoms with Crippen LogP contribution < -0.4 is 0 Å². The van der Waals surface area contributed by atoms with Gasteiger partial charge in [-0.3, -0.25) is 9.59 Å². The molecule has 1 unspecified atom stereocenters. The lowest BCUT2D eigenvalue weighted by Crippen LogP contribution is -2.51. The largest absolute Gasteiger partial charge is 0.340 e. The van der Waals surface area contributed by atoms with Crippen LogP contribution in [0.2, 0.25) is 5.02 Å². The fourth-order valence-electron chi connectivity index (χ4n) is 6.22. The van der Waals surface area contributed by atoms with E-state index in [1.807, 2.05) is 30.9 Å². The van der Waals surface area contributed by atoms with Crippen molar-refractivity contribution in [2.24, 2.45) is 17.8 Å². The van der Waals surface area contributed by atoms with Gasteiger partial charge in [-0.15, -0.1) is 0 Å². The van der Waals surface area contributed by atoms with Crippen LogP contribution in [0.15, 0.2) is 24.3 Å². The molecule has 3 aliphatic rings. The first-order chi connectivity index (χ1) is 17.0. The van der Waals surface area contributed by atoms with Gasteiger partial charge >= 0.3 is 0 Å². The zero-order valence-electron chi connectivity index (χ0n) is 21.9. The standard InChI is InChI=1S/C27H40ClN3O4S/c1-18(2)26(32)31(22-11-5-19(3)6-12-22)23-13-14-29(15-23)27(33)25-17-30(36(4,34)35)16-24(25)20-7-9-21(28)10-8-20/h7-10,18-19,22-25H,5-6,11-17H2,1-4H3/t19?,22?,23?,24-,25-/m0/s1. The van der Waals surface area contributed by atoms with Crippen molar-refractivity contribution >= 4 is 33.4 Å². The van der Waals surface area contributed by atoms with Crippen molar-refractivity contribution < 1.29 is 18.0 Å². The molecule has 7 nitrogen and oxygen atoms in total. The number of rotatable bonds is 6. The molecule has 1 aromatic rings. The Labute approximate surface area is 221 Å². The predicted octanol–water partition coefficient (Wildman–Crippen LogP) is 3.98. The number of hydrogen-bond donors (Lipinski definition) is 0. The zero-order chi connectivity index (χ0) is 26.2. The molecule has 2 heterocycles. The smallest absolute Gasteiger partial charge is 0.227 e. The fourth-order valence-corrected chi connectivity index (χ4v) is 7.21. The molecule has 2 amide bonds. The van der Waals surface area contributed by atoms with Crippen molar-refractivity contribution in [1.29, 1.82) is 0 Å². The Morgan fingerprint density at radius 1 is 0.972 bits per heavy atom.